The fourth-order valence-corrected chi connectivity index (χ4v) is 4.58. The summed E-state index contributed by atoms with van der Waals surface area (Å²) < 4.78 is 0. The third-order valence-corrected chi connectivity index (χ3v) is 6.07. The highest BCUT2D eigenvalue weighted by Gasteiger charge is 2.33. The third kappa shape index (κ3) is 3.13. The van der Waals surface area contributed by atoms with Crippen LogP contribution in [0, 0.1) is 6.92 Å². The average Bonchev–Trinajstić information content (AvgIpc) is 3.10. The molecule has 2 nitrogen and oxygen atoms in total. The molecule has 25 heavy (non-hydrogen) atoms. The van der Waals surface area contributed by atoms with E-state index < -0.39 is 0 Å². The van der Waals surface area contributed by atoms with Crippen molar-refractivity contribution in [3.8, 4) is 0 Å². The van der Waals surface area contributed by atoms with E-state index in [1.54, 1.807) is 0 Å². The van der Waals surface area contributed by atoms with Gasteiger partial charge in [0.2, 0.25) is 0 Å². The maximum absolute atomic E-state index is 6.23. The molecule has 4 rings (SSSR count). The van der Waals surface area contributed by atoms with Gasteiger partial charge in [-0.1, -0.05) is 37.6 Å². The molecule has 2 aliphatic heterocycles. The van der Waals surface area contributed by atoms with Gasteiger partial charge in [0.05, 0.1) is 6.04 Å². The Morgan fingerprint density at radius 2 is 1.84 bits per heavy atom. The third-order valence-electron chi connectivity index (χ3n) is 5.84. The minimum absolute atomic E-state index is 0.106. The van der Waals surface area contributed by atoms with Crippen molar-refractivity contribution in [1.29, 1.82) is 0 Å². The lowest BCUT2D eigenvalue weighted by Crippen LogP contribution is -2.31. The Kier molecular flexibility index (Phi) is 4.19. The number of rotatable bonds is 2. The SMILES string of the molecule is Cc1ccc(C2CC(C)(C)c3cc(Cl)ccc3N2)cc1N1CCCC1. The fraction of sp³-hybridized carbons (Fsp3) is 0.455. The summed E-state index contributed by atoms with van der Waals surface area (Å²) in [6.07, 6.45) is 3.70. The molecule has 1 N–H and O–H groups in total. The highest BCUT2D eigenvalue weighted by Crippen LogP contribution is 2.45. The van der Waals surface area contributed by atoms with E-state index in [1.807, 2.05) is 6.07 Å². The van der Waals surface area contributed by atoms with E-state index in [4.69, 9.17) is 11.6 Å². The number of hydrogen-bond donors (Lipinski definition) is 1. The number of aryl methyl sites for hydroxylation is 1. The number of nitrogens with one attached hydrogen (secondary N) is 1. The minimum Gasteiger partial charge on any atom is -0.378 e. The number of benzene rings is 2. The molecule has 0 aromatic heterocycles. The maximum atomic E-state index is 6.23. The first-order valence-electron chi connectivity index (χ1n) is 9.36. The molecule has 0 spiro atoms. The van der Waals surface area contributed by atoms with Gasteiger partial charge < -0.3 is 10.2 Å². The zero-order valence-corrected chi connectivity index (χ0v) is 16.2. The molecule has 0 saturated carbocycles. The van der Waals surface area contributed by atoms with Crippen LogP contribution in [0.1, 0.15) is 55.8 Å². The van der Waals surface area contributed by atoms with Crippen LogP contribution >= 0.6 is 11.6 Å². The molecule has 3 heteroatoms. The van der Waals surface area contributed by atoms with Crippen LogP contribution in [0.5, 0.6) is 0 Å². The van der Waals surface area contributed by atoms with Gasteiger partial charge >= 0.3 is 0 Å². The molecule has 1 saturated heterocycles. The maximum Gasteiger partial charge on any atom is 0.0523 e. The monoisotopic (exact) mass is 354 g/mol. The molecule has 0 amide bonds. The molecule has 132 valence electrons. The normalized spacial score (nSPS) is 21.8. The first-order valence-corrected chi connectivity index (χ1v) is 9.74. The van der Waals surface area contributed by atoms with E-state index in [1.165, 1.54) is 54.0 Å². The van der Waals surface area contributed by atoms with Gasteiger partial charge in [0.1, 0.15) is 0 Å². The van der Waals surface area contributed by atoms with Crippen molar-refractivity contribution in [3.63, 3.8) is 0 Å². The lowest BCUT2D eigenvalue weighted by atomic mass is 9.74. The van der Waals surface area contributed by atoms with Gasteiger partial charge in [-0.05, 0) is 72.6 Å². The van der Waals surface area contributed by atoms with Crippen molar-refractivity contribution in [1.82, 2.24) is 0 Å². The Balaban J connectivity index is 1.69. The van der Waals surface area contributed by atoms with Crippen molar-refractivity contribution in [2.45, 2.75) is 51.5 Å². The zero-order valence-electron chi connectivity index (χ0n) is 15.4. The van der Waals surface area contributed by atoms with E-state index in [0.29, 0.717) is 6.04 Å². The van der Waals surface area contributed by atoms with Gasteiger partial charge in [-0.25, -0.2) is 0 Å². The van der Waals surface area contributed by atoms with Crippen LogP contribution in [0.25, 0.3) is 0 Å². The van der Waals surface area contributed by atoms with Gasteiger partial charge in [-0.2, -0.15) is 0 Å². The topological polar surface area (TPSA) is 15.3 Å². The molecule has 1 unspecified atom stereocenters. The van der Waals surface area contributed by atoms with Gasteiger partial charge in [-0.3, -0.25) is 0 Å². The van der Waals surface area contributed by atoms with Crippen molar-refractivity contribution in [2.24, 2.45) is 0 Å². The molecule has 1 fully saturated rings. The largest absolute Gasteiger partial charge is 0.378 e. The van der Waals surface area contributed by atoms with Crippen LogP contribution in [0.4, 0.5) is 11.4 Å². The predicted octanol–water partition coefficient (Wildman–Crippen LogP) is 6.08. The highest BCUT2D eigenvalue weighted by molar-refractivity contribution is 6.30. The van der Waals surface area contributed by atoms with E-state index >= 15 is 0 Å². The first kappa shape index (κ1) is 16.8. The Bertz CT molecular complexity index is 791. The van der Waals surface area contributed by atoms with Crippen LogP contribution < -0.4 is 10.2 Å². The van der Waals surface area contributed by atoms with Crippen LogP contribution in [0.2, 0.25) is 5.02 Å². The number of nitrogens with zero attached hydrogens (tertiary/aromatic N) is 1. The highest BCUT2D eigenvalue weighted by atomic mass is 35.5. The molecular formula is C22H27ClN2. The first-order chi connectivity index (χ1) is 11.9. The van der Waals surface area contributed by atoms with Crippen molar-refractivity contribution in [3.05, 3.63) is 58.1 Å². The minimum atomic E-state index is 0.106. The summed E-state index contributed by atoms with van der Waals surface area (Å²) in [5.41, 5.74) is 6.83. The molecule has 2 aliphatic rings. The van der Waals surface area contributed by atoms with E-state index in [-0.39, 0.29) is 5.41 Å². The molecule has 2 aromatic rings. The van der Waals surface area contributed by atoms with E-state index in [2.05, 4.69) is 61.3 Å². The lowest BCUT2D eigenvalue weighted by molar-refractivity contribution is 0.427. The second kappa shape index (κ2) is 6.25. The summed E-state index contributed by atoms with van der Waals surface area (Å²) in [7, 11) is 0. The van der Waals surface area contributed by atoms with Crippen LogP contribution in [-0.2, 0) is 5.41 Å². The zero-order chi connectivity index (χ0) is 17.6. The molecule has 0 aliphatic carbocycles. The van der Waals surface area contributed by atoms with Crippen molar-refractivity contribution >= 4 is 23.0 Å². The summed E-state index contributed by atoms with van der Waals surface area (Å²) in [6, 6.07) is 13.6. The standard InChI is InChI=1S/C22H27ClN2/c1-15-6-7-16(12-21(15)25-10-4-5-11-25)20-14-22(2,3)18-13-17(23)8-9-19(18)24-20/h6-9,12-13,20,24H,4-5,10-11,14H2,1-3H3. The van der Waals surface area contributed by atoms with Gasteiger partial charge in [0.15, 0.2) is 0 Å². The van der Waals surface area contributed by atoms with Crippen LogP contribution in [-0.4, -0.2) is 13.1 Å². The molecule has 0 bridgehead atoms. The molecule has 2 heterocycles. The van der Waals surface area contributed by atoms with Gasteiger partial charge in [0, 0.05) is 29.5 Å². The second-order valence-electron chi connectivity index (χ2n) is 8.21. The number of anilines is 2. The van der Waals surface area contributed by atoms with Gasteiger partial charge in [-0.15, -0.1) is 0 Å². The Labute approximate surface area is 156 Å². The van der Waals surface area contributed by atoms with Crippen molar-refractivity contribution in [2.75, 3.05) is 23.3 Å². The number of fused-ring (bicyclic) bond motifs is 1. The summed E-state index contributed by atoms with van der Waals surface area (Å²) in [5, 5.41) is 4.57. The van der Waals surface area contributed by atoms with E-state index in [0.717, 1.165) is 11.4 Å². The quantitative estimate of drug-likeness (QED) is 0.702. The summed E-state index contributed by atoms with van der Waals surface area (Å²) in [6.45, 7) is 9.26. The lowest BCUT2D eigenvalue weighted by Gasteiger charge is -2.39. The van der Waals surface area contributed by atoms with Crippen molar-refractivity contribution < 1.29 is 0 Å². The second-order valence-corrected chi connectivity index (χ2v) is 8.65. The molecular weight excluding hydrogens is 328 g/mol. The smallest absolute Gasteiger partial charge is 0.0523 e. The number of hydrogen-bond acceptors (Lipinski definition) is 2. The number of halogens is 1. The van der Waals surface area contributed by atoms with E-state index in [9.17, 15) is 0 Å². The molecule has 2 aromatic carbocycles. The predicted molar refractivity (Wildman–Crippen MR) is 108 cm³/mol. The Hall–Kier alpha value is -1.67. The van der Waals surface area contributed by atoms with Crippen LogP contribution in [0.3, 0.4) is 0 Å². The Morgan fingerprint density at radius 1 is 1.08 bits per heavy atom. The molecule has 1 atom stereocenters. The summed E-state index contributed by atoms with van der Waals surface area (Å²) in [5.74, 6) is 0. The average molecular weight is 355 g/mol. The summed E-state index contributed by atoms with van der Waals surface area (Å²) >= 11 is 6.23. The Morgan fingerprint density at radius 3 is 2.60 bits per heavy atom. The summed E-state index contributed by atoms with van der Waals surface area (Å²) in [4.78, 5) is 2.54. The van der Waals surface area contributed by atoms with Gasteiger partial charge in [0.25, 0.3) is 0 Å². The fourth-order valence-electron chi connectivity index (χ4n) is 4.40. The van der Waals surface area contributed by atoms with Crippen LogP contribution in [0.15, 0.2) is 36.4 Å². The molecule has 0 radical (unpaired) electrons.